The summed E-state index contributed by atoms with van der Waals surface area (Å²) >= 11 is 6.06. The molecule has 0 aliphatic heterocycles. The summed E-state index contributed by atoms with van der Waals surface area (Å²) < 4.78 is 20.5. The predicted molar refractivity (Wildman–Crippen MR) is 97.5 cm³/mol. The third-order valence-electron chi connectivity index (χ3n) is 3.66. The highest BCUT2D eigenvalue weighted by molar-refractivity contribution is 6.32. The van der Waals surface area contributed by atoms with E-state index in [2.05, 4.69) is 10.3 Å². The number of carbonyl (C=O) groups excluding carboxylic acids is 2. The lowest BCUT2D eigenvalue weighted by molar-refractivity contribution is -0.119. The van der Waals surface area contributed by atoms with E-state index >= 15 is 0 Å². The van der Waals surface area contributed by atoms with Gasteiger partial charge in [0.2, 0.25) is 0 Å². The van der Waals surface area contributed by atoms with Crippen molar-refractivity contribution < 1.29 is 28.2 Å². The number of nitrogens with one attached hydrogen (secondary N) is 1. The van der Waals surface area contributed by atoms with Crippen LogP contribution in [0.25, 0.3) is 11.1 Å². The summed E-state index contributed by atoms with van der Waals surface area (Å²) in [6.07, 6.45) is 1.23. The molecule has 0 radical (unpaired) electrons. The summed E-state index contributed by atoms with van der Waals surface area (Å²) in [5.41, 5.74) is 1.35. The molecule has 140 valence electrons. The van der Waals surface area contributed by atoms with Crippen LogP contribution in [0.3, 0.4) is 0 Å². The van der Waals surface area contributed by atoms with Crippen molar-refractivity contribution in [3.8, 4) is 11.5 Å². The molecule has 1 N–H and O–H groups in total. The minimum absolute atomic E-state index is 0.208. The highest BCUT2D eigenvalue weighted by Gasteiger charge is 2.17. The van der Waals surface area contributed by atoms with Crippen molar-refractivity contribution in [3.05, 3.63) is 47.3 Å². The lowest BCUT2D eigenvalue weighted by Crippen LogP contribution is -2.21. The SMILES string of the molecule is COc1cc(OC)c(NC(=O)COC(=O)c2cccc3ocnc23)cc1Cl. The Morgan fingerprint density at radius 2 is 1.96 bits per heavy atom. The van der Waals surface area contributed by atoms with Gasteiger partial charge in [-0.2, -0.15) is 0 Å². The molecule has 0 aliphatic carbocycles. The highest BCUT2D eigenvalue weighted by atomic mass is 35.5. The zero-order valence-corrected chi connectivity index (χ0v) is 15.2. The fraction of sp³-hybridized carbons (Fsp3) is 0.167. The molecule has 27 heavy (non-hydrogen) atoms. The summed E-state index contributed by atoms with van der Waals surface area (Å²) in [5, 5.41) is 2.87. The molecule has 0 spiro atoms. The summed E-state index contributed by atoms with van der Waals surface area (Å²) in [4.78, 5) is 28.3. The molecule has 0 atom stereocenters. The molecule has 8 nitrogen and oxygen atoms in total. The number of amides is 1. The zero-order chi connectivity index (χ0) is 19.4. The van der Waals surface area contributed by atoms with Crippen molar-refractivity contribution in [2.75, 3.05) is 26.1 Å². The monoisotopic (exact) mass is 390 g/mol. The van der Waals surface area contributed by atoms with Crippen molar-refractivity contribution in [1.82, 2.24) is 4.98 Å². The highest BCUT2D eigenvalue weighted by Crippen LogP contribution is 2.35. The molecule has 1 aromatic heterocycles. The number of carbonyl (C=O) groups is 2. The Kier molecular flexibility index (Phi) is 5.46. The molecule has 0 saturated heterocycles. The van der Waals surface area contributed by atoms with Gasteiger partial charge in [-0.3, -0.25) is 4.79 Å². The number of ether oxygens (including phenoxy) is 3. The molecule has 1 heterocycles. The van der Waals surface area contributed by atoms with Gasteiger partial charge in [-0.1, -0.05) is 17.7 Å². The first kappa shape index (κ1) is 18.5. The number of aromatic nitrogens is 1. The van der Waals surface area contributed by atoms with Gasteiger partial charge >= 0.3 is 5.97 Å². The van der Waals surface area contributed by atoms with E-state index in [-0.39, 0.29) is 5.56 Å². The fourth-order valence-electron chi connectivity index (χ4n) is 2.40. The van der Waals surface area contributed by atoms with E-state index in [0.29, 0.717) is 33.3 Å². The number of anilines is 1. The van der Waals surface area contributed by atoms with Gasteiger partial charge in [0.25, 0.3) is 5.91 Å². The van der Waals surface area contributed by atoms with Gasteiger partial charge in [-0.15, -0.1) is 0 Å². The Bertz CT molecular complexity index is 1000. The maximum absolute atomic E-state index is 12.2. The van der Waals surface area contributed by atoms with Gasteiger partial charge in [0.05, 0.1) is 30.5 Å². The number of rotatable bonds is 6. The summed E-state index contributed by atoms with van der Waals surface area (Å²) in [5.74, 6) is -0.499. The molecule has 0 bridgehead atoms. The normalized spacial score (nSPS) is 10.5. The summed E-state index contributed by atoms with van der Waals surface area (Å²) in [6.45, 7) is -0.500. The predicted octanol–water partition coefficient (Wildman–Crippen LogP) is 3.29. The van der Waals surface area contributed by atoms with Crippen LogP contribution in [0.2, 0.25) is 5.02 Å². The number of hydrogen-bond donors (Lipinski definition) is 1. The number of benzene rings is 2. The quantitative estimate of drug-likeness (QED) is 0.644. The van der Waals surface area contributed by atoms with Crippen LogP contribution in [0.15, 0.2) is 41.1 Å². The minimum Gasteiger partial charge on any atom is -0.495 e. The molecular formula is C18H15ClN2O6. The van der Waals surface area contributed by atoms with Crippen molar-refractivity contribution in [2.45, 2.75) is 0 Å². The van der Waals surface area contributed by atoms with E-state index in [1.165, 1.54) is 38.8 Å². The largest absolute Gasteiger partial charge is 0.495 e. The second-order valence-corrected chi connectivity index (χ2v) is 5.72. The van der Waals surface area contributed by atoms with Crippen molar-refractivity contribution in [3.63, 3.8) is 0 Å². The van der Waals surface area contributed by atoms with Gasteiger partial charge in [-0.25, -0.2) is 9.78 Å². The topological polar surface area (TPSA) is 99.9 Å². The van der Waals surface area contributed by atoms with Crippen LogP contribution in [-0.2, 0) is 9.53 Å². The van der Waals surface area contributed by atoms with E-state index in [1.807, 2.05) is 0 Å². The van der Waals surface area contributed by atoms with E-state index in [1.54, 1.807) is 12.1 Å². The molecule has 0 unspecified atom stereocenters. The van der Waals surface area contributed by atoms with E-state index in [4.69, 9.17) is 30.2 Å². The van der Waals surface area contributed by atoms with Crippen molar-refractivity contribution >= 4 is 40.3 Å². The average Bonchev–Trinajstić information content (AvgIpc) is 3.15. The molecular weight excluding hydrogens is 376 g/mol. The number of hydrogen-bond acceptors (Lipinski definition) is 7. The van der Waals surface area contributed by atoms with Gasteiger partial charge in [0, 0.05) is 6.07 Å². The maximum Gasteiger partial charge on any atom is 0.340 e. The minimum atomic E-state index is -0.690. The first-order chi connectivity index (χ1) is 13.0. The number of nitrogens with zero attached hydrogens (tertiary/aromatic N) is 1. The second-order valence-electron chi connectivity index (χ2n) is 5.32. The van der Waals surface area contributed by atoms with E-state index in [9.17, 15) is 9.59 Å². The lowest BCUT2D eigenvalue weighted by Gasteiger charge is -2.13. The van der Waals surface area contributed by atoms with Gasteiger partial charge in [0.15, 0.2) is 18.6 Å². The lowest BCUT2D eigenvalue weighted by atomic mass is 10.2. The van der Waals surface area contributed by atoms with Crippen LogP contribution in [0.4, 0.5) is 5.69 Å². The third kappa shape index (κ3) is 3.95. The summed E-state index contributed by atoms with van der Waals surface area (Å²) in [7, 11) is 2.91. The van der Waals surface area contributed by atoms with Gasteiger partial charge in [-0.05, 0) is 18.2 Å². The van der Waals surface area contributed by atoms with Crippen LogP contribution in [0.5, 0.6) is 11.5 Å². The van der Waals surface area contributed by atoms with Gasteiger partial charge in [0.1, 0.15) is 17.0 Å². The van der Waals surface area contributed by atoms with Crippen molar-refractivity contribution in [2.24, 2.45) is 0 Å². The Hall–Kier alpha value is -3.26. The van der Waals surface area contributed by atoms with Gasteiger partial charge < -0.3 is 23.9 Å². The number of oxazole rings is 1. The molecule has 0 fully saturated rings. The van der Waals surface area contributed by atoms with E-state index in [0.717, 1.165) is 0 Å². The Morgan fingerprint density at radius 3 is 2.70 bits per heavy atom. The van der Waals surface area contributed by atoms with Crippen LogP contribution < -0.4 is 14.8 Å². The third-order valence-corrected chi connectivity index (χ3v) is 3.96. The molecule has 3 rings (SSSR count). The first-order valence-corrected chi connectivity index (χ1v) is 8.12. The Morgan fingerprint density at radius 1 is 1.19 bits per heavy atom. The number of para-hydroxylation sites is 1. The second kappa shape index (κ2) is 7.96. The van der Waals surface area contributed by atoms with Crippen LogP contribution in [-0.4, -0.2) is 37.7 Å². The molecule has 3 aromatic rings. The Labute approximate surface area is 159 Å². The molecule has 0 saturated carbocycles. The Balaban J connectivity index is 1.67. The van der Waals surface area contributed by atoms with Crippen LogP contribution in [0, 0.1) is 0 Å². The molecule has 9 heteroatoms. The number of methoxy groups -OCH3 is 2. The van der Waals surface area contributed by atoms with E-state index < -0.39 is 18.5 Å². The molecule has 1 amide bonds. The van der Waals surface area contributed by atoms with Crippen LogP contribution >= 0.6 is 11.6 Å². The smallest absolute Gasteiger partial charge is 0.340 e. The molecule has 2 aromatic carbocycles. The standard InChI is InChI=1S/C18H15ClN2O6/c1-24-14-7-15(25-2)12(6-11(14)19)21-16(22)8-26-18(23)10-4-3-5-13-17(10)20-9-27-13/h3-7,9H,8H2,1-2H3,(H,21,22). The average molecular weight is 391 g/mol. The van der Waals surface area contributed by atoms with Crippen molar-refractivity contribution in [1.29, 1.82) is 0 Å². The number of fused-ring (bicyclic) bond motifs is 1. The maximum atomic E-state index is 12.2. The fourth-order valence-corrected chi connectivity index (χ4v) is 2.64. The number of halogens is 1. The summed E-state index contributed by atoms with van der Waals surface area (Å²) in [6, 6.07) is 7.86. The number of esters is 1. The zero-order valence-electron chi connectivity index (χ0n) is 14.4. The first-order valence-electron chi connectivity index (χ1n) is 7.74. The molecule has 0 aliphatic rings. The van der Waals surface area contributed by atoms with Crippen LogP contribution in [0.1, 0.15) is 10.4 Å².